The molecular formula is C18H12N2O4S. The zero-order valence-electron chi connectivity index (χ0n) is 13.0. The average Bonchev–Trinajstić information content (AvgIpc) is 3.15. The third kappa shape index (κ3) is 2.78. The van der Waals surface area contributed by atoms with Crippen LogP contribution >= 0.6 is 11.3 Å². The fourth-order valence-corrected chi connectivity index (χ4v) is 3.56. The third-order valence-corrected chi connectivity index (χ3v) is 4.87. The number of aromatic nitrogens is 1. The first kappa shape index (κ1) is 15.5. The van der Waals surface area contributed by atoms with E-state index in [1.165, 1.54) is 11.3 Å². The summed E-state index contributed by atoms with van der Waals surface area (Å²) in [6.07, 6.45) is 0. The van der Waals surface area contributed by atoms with Gasteiger partial charge in [-0.15, -0.1) is 11.3 Å². The Labute approximate surface area is 146 Å². The van der Waals surface area contributed by atoms with Crippen LogP contribution in [0.4, 0.5) is 0 Å². The lowest BCUT2D eigenvalue weighted by Crippen LogP contribution is -2.35. The Hall–Kier alpha value is -3.06. The van der Waals surface area contributed by atoms with Crippen molar-refractivity contribution in [2.24, 2.45) is 0 Å². The van der Waals surface area contributed by atoms with Gasteiger partial charge >= 0.3 is 5.97 Å². The van der Waals surface area contributed by atoms with Gasteiger partial charge < -0.3 is 4.74 Å². The molecule has 0 spiro atoms. The summed E-state index contributed by atoms with van der Waals surface area (Å²) in [4.78, 5) is 41.8. The Morgan fingerprint density at radius 1 is 1.00 bits per heavy atom. The SMILES string of the molecule is O=C(CN1C(=O)c2ccccc2C1=O)OCc1nc2ccccc2s1. The molecule has 2 aromatic carbocycles. The number of imide groups is 1. The lowest BCUT2D eigenvalue weighted by atomic mass is 10.1. The number of para-hydroxylation sites is 1. The molecule has 0 saturated carbocycles. The van der Waals surface area contributed by atoms with Crippen molar-refractivity contribution in [3.8, 4) is 0 Å². The number of benzene rings is 2. The number of thiazole rings is 1. The molecule has 2 heterocycles. The van der Waals surface area contributed by atoms with E-state index in [9.17, 15) is 14.4 Å². The minimum absolute atomic E-state index is 0.0152. The largest absolute Gasteiger partial charge is 0.457 e. The predicted octanol–water partition coefficient (Wildman–Crippen LogP) is 2.64. The Morgan fingerprint density at radius 3 is 2.32 bits per heavy atom. The summed E-state index contributed by atoms with van der Waals surface area (Å²) in [5, 5.41) is 0.664. The molecule has 0 fully saturated rings. The lowest BCUT2D eigenvalue weighted by Gasteiger charge is -2.12. The van der Waals surface area contributed by atoms with E-state index >= 15 is 0 Å². The molecule has 0 bridgehead atoms. The zero-order chi connectivity index (χ0) is 17.4. The molecule has 0 aliphatic carbocycles. The Morgan fingerprint density at radius 2 is 1.64 bits per heavy atom. The number of amides is 2. The maximum Gasteiger partial charge on any atom is 0.326 e. The summed E-state index contributed by atoms with van der Waals surface area (Å²) in [7, 11) is 0. The highest BCUT2D eigenvalue weighted by Gasteiger charge is 2.36. The number of carbonyl (C=O) groups is 3. The van der Waals surface area contributed by atoms with E-state index in [-0.39, 0.29) is 6.61 Å². The minimum atomic E-state index is -0.645. The Kier molecular flexibility index (Phi) is 3.77. The van der Waals surface area contributed by atoms with E-state index in [0.29, 0.717) is 16.1 Å². The monoisotopic (exact) mass is 352 g/mol. The number of fused-ring (bicyclic) bond motifs is 2. The van der Waals surface area contributed by atoms with Crippen molar-refractivity contribution in [3.63, 3.8) is 0 Å². The molecule has 6 nitrogen and oxygen atoms in total. The van der Waals surface area contributed by atoms with Crippen molar-refractivity contribution >= 4 is 39.3 Å². The summed E-state index contributed by atoms with van der Waals surface area (Å²) >= 11 is 1.44. The molecule has 1 aliphatic rings. The fraction of sp³-hybridized carbons (Fsp3) is 0.111. The van der Waals surface area contributed by atoms with Crippen LogP contribution in [-0.4, -0.2) is 34.2 Å². The molecule has 3 aromatic rings. The number of hydrogen-bond donors (Lipinski definition) is 0. The maximum absolute atomic E-state index is 12.2. The van der Waals surface area contributed by atoms with Crippen molar-refractivity contribution in [1.82, 2.24) is 9.88 Å². The van der Waals surface area contributed by atoms with Crippen molar-refractivity contribution in [3.05, 3.63) is 64.7 Å². The minimum Gasteiger partial charge on any atom is -0.457 e. The van der Waals surface area contributed by atoms with Gasteiger partial charge in [0.05, 0.1) is 21.3 Å². The second-order valence-electron chi connectivity index (χ2n) is 5.48. The number of hydrogen-bond acceptors (Lipinski definition) is 6. The number of rotatable bonds is 4. The second-order valence-corrected chi connectivity index (χ2v) is 6.59. The van der Waals surface area contributed by atoms with E-state index in [1.54, 1.807) is 24.3 Å². The zero-order valence-corrected chi connectivity index (χ0v) is 13.8. The fourth-order valence-electron chi connectivity index (χ4n) is 2.68. The van der Waals surface area contributed by atoms with Crippen molar-refractivity contribution in [2.45, 2.75) is 6.61 Å². The summed E-state index contributed by atoms with van der Waals surface area (Å²) < 4.78 is 6.19. The summed E-state index contributed by atoms with van der Waals surface area (Å²) in [6, 6.07) is 14.1. The van der Waals surface area contributed by atoms with Crippen molar-refractivity contribution < 1.29 is 19.1 Å². The van der Waals surface area contributed by atoms with E-state index in [4.69, 9.17) is 4.74 Å². The molecule has 124 valence electrons. The highest BCUT2D eigenvalue weighted by Crippen LogP contribution is 2.23. The van der Waals surface area contributed by atoms with Gasteiger partial charge in [-0.2, -0.15) is 0 Å². The van der Waals surface area contributed by atoms with Gasteiger partial charge in [-0.3, -0.25) is 19.3 Å². The third-order valence-electron chi connectivity index (χ3n) is 3.86. The molecule has 2 amide bonds. The quantitative estimate of drug-likeness (QED) is 0.533. The lowest BCUT2D eigenvalue weighted by molar-refractivity contribution is -0.145. The Bertz CT molecular complexity index is 943. The number of ether oxygens (including phenoxy) is 1. The molecule has 7 heteroatoms. The highest BCUT2D eigenvalue weighted by atomic mass is 32.1. The van der Waals surface area contributed by atoms with Gasteiger partial charge in [0.25, 0.3) is 11.8 Å². The van der Waals surface area contributed by atoms with Crippen LogP contribution in [-0.2, 0) is 16.1 Å². The average molecular weight is 352 g/mol. The standard InChI is InChI=1S/C18H12N2O4S/c21-16(24-10-15-19-13-7-3-4-8-14(13)25-15)9-20-17(22)11-5-1-2-6-12(11)18(20)23/h1-8H,9-10H2. The molecule has 0 atom stereocenters. The summed E-state index contributed by atoms with van der Waals surface area (Å²) in [5.74, 6) is -1.59. The van der Waals surface area contributed by atoms with Crippen LogP contribution in [0.5, 0.6) is 0 Å². The first-order valence-electron chi connectivity index (χ1n) is 7.59. The van der Waals surface area contributed by atoms with E-state index in [1.807, 2.05) is 24.3 Å². The molecule has 25 heavy (non-hydrogen) atoms. The molecule has 1 aliphatic heterocycles. The van der Waals surface area contributed by atoms with E-state index < -0.39 is 24.3 Å². The molecule has 4 rings (SSSR count). The number of nitrogens with zero attached hydrogens (tertiary/aromatic N) is 2. The van der Waals surface area contributed by atoms with Crippen LogP contribution in [0.2, 0.25) is 0 Å². The predicted molar refractivity (Wildman–Crippen MR) is 91.2 cm³/mol. The second kappa shape index (κ2) is 6.10. The summed E-state index contributed by atoms with van der Waals surface area (Å²) in [5.41, 5.74) is 1.47. The van der Waals surface area contributed by atoms with Crippen LogP contribution in [0.3, 0.4) is 0 Å². The smallest absolute Gasteiger partial charge is 0.326 e. The van der Waals surface area contributed by atoms with Crippen LogP contribution in [0.1, 0.15) is 25.7 Å². The van der Waals surface area contributed by atoms with Crippen LogP contribution in [0.25, 0.3) is 10.2 Å². The van der Waals surface area contributed by atoms with E-state index in [2.05, 4.69) is 4.98 Å². The first-order chi connectivity index (χ1) is 12.1. The van der Waals surface area contributed by atoms with Gasteiger partial charge in [0.2, 0.25) is 0 Å². The molecule has 0 radical (unpaired) electrons. The molecule has 0 saturated heterocycles. The van der Waals surface area contributed by atoms with Gasteiger partial charge in [-0.1, -0.05) is 24.3 Å². The molecule has 0 N–H and O–H groups in total. The highest BCUT2D eigenvalue weighted by molar-refractivity contribution is 7.18. The van der Waals surface area contributed by atoms with Crippen LogP contribution in [0, 0.1) is 0 Å². The normalized spacial score (nSPS) is 13.4. The van der Waals surface area contributed by atoms with Gasteiger partial charge in [0, 0.05) is 0 Å². The number of esters is 1. The van der Waals surface area contributed by atoms with Crippen molar-refractivity contribution in [2.75, 3.05) is 6.54 Å². The van der Waals surface area contributed by atoms with Gasteiger partial charge in [0.15, 0.2) is 0 Å². The van der Waals surface area contributed by atoms with Gasteiger partial charge in [-0.05, 0) is 24.3 Å². The topological polar surface area (TPSA) is 76.6 Å². The van der Waals surface area contributed by atoms with Crippen LogP contribution in [0.15, 0.2) is 48.5 Å². The molecular weight excluding hydrogens is 340 g/mol. The van der Waals surface area contributed by atoms with Gasteiger partial charge in [-0.25, -0.2) is 4.98 Å². The maximum atomic E-state index is 12.2. The first-order valence-corrected chi connectivity index (χ1v) is 8.40. The van der Waals surface area contributed by atoms with E-state index in [0.717, 1.165) is 15.1 Å². The molecule has 1 aromatic heterocycles. The molecule has 0 unspecified atom stereocenters. The number of carbonyl (C=O) groups excluding carboxylic acids is 3. The summed E-state index contributed by atoms with van der Waals surface area (Å²) in [6.45, 7) is -0.390. The van der Waals surface area contributed by atoms with Crippen LogP contribution < -0.4 is 0 Å². The van der Waals surface area contributed by atoms with Gasteiger partial charge in [0.1, 0.15) is 18.2 Å². The Balaban J connectivity index is 1.41. The van der Waals surface area contributed by atoms with Crippen molar-refractivity contribution in [1.29, 1.82) is 0 Å².